The van der Waals surface area contributed by atoms with Gasteiger partial charge in [-0.15, -0.1) is 0 Å². The van der Waals surface area contributed by atoms with Gasteiger partial charge in [0.15, 0.2) is 5.78 Å². The summed E-state index contributed by atoms with van der Waals surface area (Å²) in [7, 11) is -1.21. The molecule has 1 N–H and O–H groups in total. The number of nitrogens with zero attached hydrogens (tertiary/aromatic N) is 1. The quantitative estimate of drug-likeness (QED) is 0.135. The van der Waals surface area contributed by atoms with Crippen molar-refractivity contribution in [2.24, 2.45) is 0 Å². The van der Waals surface area contributed by atoms with Gasteiger partial charge in [-0.1, -0.05) is 40.0 Å². The van der Waals surface area contributed by atoms with Crippen LogP contribution in [0.25, 0.3) is 11.0 Å². The number of anilines is 1. The predicted octanol–water partition coefficient (Wildman–Crippen LogP) is 7.38. The summed E-state index contributed by atoms with van der Waals surface area (Å²) in [6.07, 6.45) is 10.1. The molecule has 0 aliphatic heterocycles. The van der Waals surface area contributed by atoms with Crippen LogP contribution in [-0.2, 0) is 17.4 Å². The van der Waals surface area contributed by atoms with Gasteiger partial charge < -0.3 is 18.8 Å². The maximum Gasteiger partial charge on any atom is 0.197 e. The van der Waals surface area contributed by atoms with E-state index in [-0.39, 0.29) is 5.78 Å². The minimum atomic E-state index is -1.21. The van der Waals surface area contributed by atoms with Gasteiger partial charge in [0, 0.05) is 35.9 Å². The summed E-state index contributed by atoms with van der Waals surface area (Å²) in [5.74, 6) is 1.41. The molecule has 3 aromatic rings. The molecule has 2 aromatic carbocycles. The number of ketones is 1. The standard InChI is InChI=1S/C31H44N2O4S/c1-5-8-12-29-30(27-23-25(32-38(4)35)15-18-28(27)37-29)31(34)24-13-16-26(17-14-24)36-22-11-21-33(19-9-6-2)20-10-7-3/h13-18,23,32H,5-12,19-22H2,1-4H3. The molecule has 3 rings (SSSR count). The fraction of sp³-hybridized carbons (Fsp3) is 0.516. The van der Waals surface area contributed by atoms with Gasteiger partial charge in [0.1, 0.15) is 28.1 Å². The highest BCUT2D eigenvalue weighted by atomic mass is 32.2. The van der Waals surface area contributed by atoms with Gasteiger partial charge in [-0.05, 0) is 81.2 Å². The normalized spacial score (nSPS) is 12.2. The van der Waals surface area contributed by atoms with Gasteiger partial charge in [0.25, 0.3) is 0 Å². The third-order valence-corrected chi connectivity index (χ3v) is 7.19. The van der Waals surface area contributed by atoms with E-state index in [0.29, 0.717) is 41.2 Å². The zero-order chi connectivity index (χ0) is 27.3. The number of carbonyl (C=O) groups is 1. The van der Waals surface area contributed by atoms with Crippen molar-refractivity contribution in [2.75, 3.05) is 37.2 Å². The summed E-state index contributed by atoms with van der Waals surface area (Å²) >= 11 is 0. The zero-order valence-electron chi connectivity index (χ0n) is 23.5. The molecule has 0 aliphatic carbocycles. The number of aryl methyl sites for hydroxylation is 1. The van der Waals surface area contributed by atoms with Crippen molar-refractivity contribution in [1.82, 2.24) is 4.90 Å². The van der Waals surface area contributed by atoms with Crippen molar-refractivity contribution in [3.63, 3.8) is 0 Å². The van der Waals surface area contributed by atoms with E-state index >= 15 is 0 Å². The molecule has 1 heterocycles. The van der Waals surface area contributed by atoms with Crippen molar-refractivity contribution in [2.45, 2.75) is 72.1 Å². The minimum absolute atomic E-state index is 0.0707. The number of benzene rings is 2. The molecule has 38 heavy (non-hydrogen) atoms. The van der Waals surface area contributed by atoms with Crippen molar-refractivity contribution in [3.05, 3.63) is 59.4 Å². The average molecular weight is 541 g/mol. The highest BCUT2D eigenvalue weighted by molar-refractivity contribution is 7.85. The number of rotatable bonds is 18. The zero-order valence-corrected chi connectivity index (χ0v) is 24.3. The van der Waals surface area contributed by atoms with Gasteiger partial charge in [-0.2, -0.15) is 0 Å². The van der Waals surface area contributed by atoms with Gasteiger partial charge in [0.05, 0.1) is 12.2 Å². The maximum atomic E-state index is 13.7. The molecule has 0 spiro atoms. The van der Waals surface area contributed by atoms with Crippen LogP contribution in [-0.4, -0.2) is 47.4 Å². The van der Waals surface area contributed by atoms with E-state index in [1.54, 1.807) is 6.26 Å². The lowest BCUT2D eigenvalue weighted by Crippen LogP contribution is -2.28. The molecule has 0 saturated carbocycles. The average Bonchev–Trinajstić information content (AvgIpc) is 3.28. The summed E-state index contributed by atoms with van der Waals surface area (Å²) in [5.41, 5.74) is 2.55. The van der Waals surface area contributed by atoms with Gasteiger partial charge in [0.2, 0.25) is 0 Å². The lowest BCUT2D eigenvalue weighted by atomic mass is 9.98. The number of furan rings is 1. The van der Waals surface area contributed by atoms with Crippen LogP contribution in [0.5, 0.6) is 5.75 Å². The van der Waals surface area contributed by atoms with E-state index in [1.807, 2.05) is 42.5 Å². The Labute approximate surface area is 230 Å². The number of carbonyl (C=O) groups excluding carboxylic acids is 1. The first-order chi connectivity index (χ1) is 18.5. The first kappa shape index (κ1) is 29.9. The molecule has 0 fully saturated rings. The van der Waals surface area contributed by atoms with Crippen LogP contribution >= 0.6 is 0 Å². The highest BCUT2D eigenvalue weighted by Crippen LogP contribution is 2.32. The summed E-state index contributed by atoms with van der Waals surface area (Å²) in [5, 5.41) is 0.743. The smallest absolute Gasteiger partial charge is 0.197 e. The van der Waals surface area contributed by atoms with Crippen molar-refractivity contribution in [1.29, 1.82) is 0 Å². The fourth-order valence-corrected chi connectivity index (χ4v) is 5.02. The van der Waals surface area contributed by atoms with E-state index in [9.17, 15) is 9.00 Å². The number of nitrogens with one attached hydrogen (secondary N) is 1. The Bertz CT molecular complexity index is 1160. The minimum Gasteiger partial charge on any atom is -0.494 e. The first-order valence-corrected chi connectivity index (χ1v) is 15.7. The van der Waals surface area contributed by atoms with Crippen molar-refractivity contribution in [3.8, 4) is 5.75 Å². The van der Waals surface area contributed by atoms with Gasteiger partial charge in [-0.25, -0.2) is 4.21 Å². The van der Waals surface area contributed by atoms with E-state index < -0.39 is 11.0 Å². The van der Waals surface area contributed by atoms with Crippen LogP contribution in [0.4, 0.5) is 5.69 Å². The Morgan fingerprint density at radius 3 is 2.21 bits per heavy atom. The number of hydrogen-bond acceptors (Lipinski definition) is 5. The Morgan fingerprint density at radius 1 is 0.921 bits per heavy atom. The second-order valence-corrected chi connectivity index (χ2v) is 11.0. The molecular weight excluding hydrogens is 496 g/mol. The maximum absolute atomic E-state index is 13.7. The Hall–Kier alpha value is -2.64. The Kier molecular flexibility index (Phi) is 12.4. The van der Waals surface area contributed by atoms with Crippen molar-refractivity contribution < 1.29 is 18.2 Å². The lowest BCUT2D eigenvalue weighted by molar-refractivity contribution is 0.103. The van der Waals surface area contributed by atoms with Crippen LogP contribution in [0.15, 0.2) is 46.9 Å². The van der Waals surface area contributed by atoms with E-state index in [4.69, 9.17) is 9.15 Å². The molecule has 0 amide bonds. The number of fused-ring (bicyclic) bond motifs is 1. The van der Waals surface area contributed by atoms with Crippen molar-refractivity contribution >= 4 is 33.4 Å². The Morgan fingerprint density at radius 2 is 1.58 bits per heavy atom. The summed E-state index contributed by atoms with van der Waals surface area (Å²) < 4.78 is 26.7. The van der Waals surface area contributed by atoms with E-state index in [0.717, 1.165) is 50.0 Å². The largest absolute Gasteiger partial charge is 0.494 e. The molecule has 1 atom stereocenters. The SMILES string of the molecule is CCCCc1oc2ccc(NS(C)=O)cc2c1C(=O)c1ccc(OCCCN(CCCC)CCCC)cc1. The van der Waals surface area contributed by atoms with Crippen LogP contribution in [0.1, 0.15) is 87.4 Å². The van der Waals surface area contributed by atoms with Crippen LogP contribution in [0.2, 0.25) is 0 Å². The second-order valence-electron chi connectivity index (χ2n) is 9.88. The monoisotopic (exact) mass is 540 g/mol. The summed E-state index contributed by atoms with van der Waals surface area (Å²) in [4.78, 5) is 16.2. The van der Waals surface area contributed by atoms with Gasteiger partial charge >= 0.3 is 0 Å². The predicted molar refractivity (Wildman–Crippen MR) is 159 cm³/mol. The van der Waals surface area contributed by atoms with E-state index in [1.165, 1.54) is 25.7 Å². The molecule has 208 valence electrons. The molecule has 6 nitrogen and oxygen atoms in total. The van der Waals surface area contributed by atoms with Crippen LogP contribution in [0.3, 0.4) is 0 Å². The fourth-order valence-electron chi connectivity index (χ4n) is 4.56. The van der Waals surface area contributed by atoms with E-state index in [2.05, 4.69) is 30.4 Å². The highest BCUT2D eigenvalue weighted by Gasteiger charge is 2.22. The number of hydrogen-bond donors (Lipinski definition) is 1. The number of unbranched alkanes of at least 4 members (excludes halogenated alkanes) is 3. The lowest BCUT2D eigenvalue weighted by Gasteiger charge is -2.21. The summed E-state index contributed by atoms with van der Waals surface area (Å²) in [6, 6.07) is 12.9. The third-order valence-electron chi connectivity index (χ3n) is 6.67. The molecule has 1 aromatic heterocycles. The van der Waals surface area contributed by atoms with Crippen LogP contribution < -0.4 is 9.46 Å². The molecule has 0 saturated heterocycles. The first-order valence-electron chi connectivity index (χ1n) is 14.1. The molecule has 0 aliphatic rings. The molecule has 1 unspecified atom stereocenters. The topological polar surface area (TPSA) is 71.8 Å². The van der Waals surface area contributed by atoms with Gasteiger partial charge in [-0.3, -0.25) is 4.79 Å². The molecular formula is C31H44N2O4S. The summed E-state index contributed by atoms with van der Waals surface area (Å²) in [6.45, 7) is 10.6. The number of ether oxygens (including phenoxy) is 1. The molecule has 0 radical (unpaired) electrons. The molecule has 0 bridgehead atoms. The third kappa shape index (κ3) is 8.70. The second kappa shape index (κ2) is 15.7. The Balaban J connectivity index is 1.69. The van der Waals surface area contributed by atoms with Crippen LogP contribution in [0, 0.1) is 0 Å². The molecule has 7 heteroatoms.